The van der Waals surface area contributed by atoms with Crippen molar-refractivity contribution < 1.29 is 74.0 Å². The minimum Gasteiger partial charge on any atom is -0.744 e. The molecule has 0 saturated heterocycles. The van der Waals surface area contributed by atoms with Gasteiger partial charge in [-0.2, -0.15) is 0 Å². The Hall–Kier alpha value is -3.98. The molecule has 0 heterocycles. The minimum atomic E-state index is -5.77. The van der Waals surface area contributed by atoms with E-state index < -0.39 is 91.6 Å². The molecule has 6 aromatic rings. The Morgan fingerprint density at radius 1 is 0.403 bits per heavy atom. The zero-order valence-electron chi connectivity index (χ0n) is 39.7. The first-order valence-corrected chi connectivity index (χ1v) is 26.8. The lowest BCUT2D eigenvalue weighted by atomic mass is 9.87. The average molecular weight is 1200 g/mol. The molecule has 0 saturated carbocycles. The summed E-state index contributed by atoms with van der Waals surface area (Å²) < 4.78 is 192. The highest BCUT2D eigenvalue weighted by Crippen LogP contribution is 2.27. The smallest absolute Gasteiger partial charge is 0.200 e. The van der Waals surface area contributed by atoms with Crippen LogP contribution in [0.3, 0.4) is 0 Å². The van der Waals surface area contributed by atoms with E-state index in [1.54, 1.807) is 0 Å². The molecule has 6 aromatic carbocycles. The predicted molar refractivity (Wildman–Crippen MR) is 271 cm³/mol. The Morgan fingerprint density at radius 3 is 0.944 bits per heavy atom. The van der Waals surface area contributed by atoms with Crippen LogP contribution in [0.2, 0.25) is 0 Å². The van der Waals surface area contributed by atoms with Crippen LogP contribution < -0.4 is 0 Å². The molecule has 0 aliphatic rings. The van der Waals surface area contributed by atoms with Crippen molar-refractivity contribution in [1.82, 2.24) is 0 Å². The molecular weight excluding hydrogens is 1140 g/mol. The van der Waals surface area contributed by atoms with Gasteiger partial charge in [-0.25, -0.2) is 60.4 Å². The van der Waals surface area contributed by atoms with Crippen molar-refractivity contribution in [3.05, 3.63) is 177 Å². The molecule has 0 bridgehead atoms. The summed E-state index contributed by atoms with van der Waals surface area (Å²) >= 11 is 13.0. The molecule has 24 heteroatoms. The lowest BCUT2D eigenvalue weighted by molar-refractivity contribution is 0.350. The predicted octanol–water partition coefficient (Wildman–Crippen LogP) is 10.7. The fourth-order valence-corrected chi connectivity index (χ4v) is 7.46. The molecule has 396 valence electrons. The summed E-state index contributed by atoms with van der Waals surface area (Å²) in [6.07, 6.45) is 0. The minimum absolute atomic E-state index is 0.239. The molecule has 0 aromatic heterocycles. The van der Waals surface area contributed by atoms with Gasteiger partial charge in [0.1, 0.15) is 67.4 Å². The third-order valence-corrected chi connectivity index (χ3v) is 13.2. The Balaban J connectivity index is 0.000000434. The van der Waals surface area contributed by atoms with Gasteiger partial charge in [0.2, 0.25) is 5.82 Å². The van der Waals surface area contributed by atoms with Gasteiger partial charge in [0.05, 0.1) is 14.3 Å². The maximum Gasteiger partial charge on any atom is 0.200 e. The van der Waals surface area contributed by atoms with E-state index >= 15 is 0 Å². The maximum absolute atomic E-state index is 12.8. The second-order valence-corrected chi connectivity index (χ2v) is 24.5. The normalized spacial score (nSPS) is 11.7. The van der Waals surface area contributed by atoms with Crippen molar-refractivity contribution in [3.63, 3.8) is 0 Å². The molecule has 0 aliphatic heterocycles. The Kier molecular flexibility index (Phi) is 24.8. The van der Waals surface area contributed by atoms with E-state index in [0.29, 0.717) is 12.1 Å². The topological polar surface area (TPSA) is 172 Å². The Bertz CT molecular complexity index is 2930. The van der Waals surface area contributed by atoms with Crippen molar-refractivity contribution in [1.29, 1.82) is 0 Å². The van der Waals surface area contributed by atoms with Crippen LogP contribution in [0.5, 0.6) is 0 Å². The quantitative estimate of drug-likeness (QED) is 0.0550. The highest BCUT2D eigenvalue weighted by molar-refractivity contribution is 9.10. The van der Waals surface area contributed by atoms with Crippen LogP contribution in [-0.4, -0.2) is 38.9 Å². The van der Waals surface area contributed by atoms with Gasteiger partial charge in [0.25, 0.3) is 0 Å². The SMILES string of the molecule is CC(C)(C)c1ccc([SH2+])cc1.CC(C)(C)c1ccc([SH2+])cc1.CC(C)(C)c1ccc([SH2+])cc1.O=S(=O)([O-])c1c(F)c(F)c(F)c(F)c1F.O=S(=O)([O-])c1cc(F)c(Br)cc1F.O=S(=O)([O-])c1ccc(F)cc1. The van der Waals surface area contributed by atoms with Gasteiger partial charge in [0, 0.05) is 0 Å². The third-order valence-electron chi connectivity index (χ3n) is 9.02. The van der Waals surface area contributed by atoms with Crippen molar-refractivity contribution in [2.24, 2.45) is 0 Å². The Labute approximate surface area is 440 Å². The fraction of sp³-hybridized carbons (Fsp3) is 0.250. The fourth-order valence-electron chi connectivity index (χ4n) is 5.01. The Morgan fingerprint density at radius 2 is 0.694 bits per heavy atom. The van der Waals surface area contributed by atoms with Crippen molar-refractivity contribution in [2.45, 2.75) is 108 Å². The summed E-state index contributed by atoms with van der Waals surface area (Å²) in [6, 6.07) is 30.0. The monoisotopic (exact) mass is 1190 g/mol. The molecule has 0 unspecified atom stereocenters. The highest BCUT2D eigenvalue weighted by atomic mass is 79.9. The van der Waals surface area contributed by atoms with Gasteiger partial charge < -0.3 is 13.7 Å². The third kappa shape index (κ3) is 22.2. The zero-order chi connectivity index (χ0) is 56.1. The average Bonchev–Trinajstić information content (AvgIpc) is 3.23. The van der Waals surface area contributed by atoms with E-state index in [9.17, 15) is 74.0 Å². The lowest BCUT2D eigenvalue weighted by Gasteiger charge is -2.18. The standard InChI is InChI=1S/3C10H14S.C6H3BrF2O3S.C6HF5O3S.C6H5FO3S/c3*1-10(2,3)8-4-6-9(11)7-5-8;7-3-1-5(9)6(2-4(3)8)13(10,11)12;7-1-2(8)4(10)6(15(12,13)14)5(11)3(1)9;7-5-1-3-6(4-2-5)11(8,9)10/h3*4-7,11H,1-3H3;1-2H,(H,10,11,12);(H,12,13,14);1-4H,(H,8,9,10). The number of hydrogen-bond donors (Lipinski definition) is 0. The van der Waals surface area contributed by atoms with Crippen LogP contribution in [0.15, 0.2) is 143 Å². The van der Waals surface area contributed by atoms with E-state index in [-0.39, 0.29) is 20.7 Å². The molecule has 9 nitrogen and oxygen atoms in total. The van der Waals surface area contributed by atoms with Crippen molar-refractivity contribution in [3.8, 4) is 0 Å². The van der Waals surface area contributed by atoms with E-state index in [0.717, 1.165) is 39.0 Å². The van der Waals surface area contributed by atoms with Crippen LogP contribution in [0, 0.1) is 46.5 Å². The van der Waals surface area contributed by atoms with E-state index in [4.69, 9.17) is 0 Å². The van der Waals surface area contributed by atoms with E-state index in [1.165, 1.54) is 16.7 Å². The summed E-state index contributed by atoms with van der Waals surface area (Å²) in [6.45, 7) is 20.0. The molecule has 0 radical (unpaired) electrons. The first-order chi connectivity index (χ1) is 32.5. The van der Waals surface area contributed by atoms with Gasteiger partial charge in [-0.3, -0.25) is 0 Å². The summed E-state index contributed by atoms with van der Waals surface area (Å²) in [5.74, 6) is -15.7. The zero-order valence-corrected chi connectivity index (χ0v) is 46.7. The summed E-state index contributed by atoms with van der Waals surface area (Å²) in [5, 5.41) is 0. The van der Waals surface area contributed by atoms with Gasteiger partial charge in [-0.1, -0.05) is 98.7 Å². The molecule has 72 heavy (non-hydrogen) atoms. The lowest BCUT2D eigenvalue weighted by Crippen LogP contribution is -2.12. The summed E-state index contributed by atoms with van der Waals surface area (Å²) in [4.78, 5) is -0.569. The number of halogens is 9. The molecule has 0 N–H and O–H groups in total. The van der Waals surface area contributed by atoms with Crippen LogP contribution in [0.4, 0.5) is 35.1 Å². The van der Waals surface area contributed by atoms with Gasteiger partial charge in [0.15, 0.2) is 23.3 Å². The molecule has 0 amide bonds. The second-order valence-electron chi connectivity index (χ2n) is 17.9. The van der Waals surface area contributed by atoms with E-state index in [1.807, 2.05) is 0 Å². The largest absolute Gasteiger partial charge is 0.744 e. The highest BCUT2D eigenvalue weighted by Gasteiger charge is 2.29. The second kappa shape index (κ2) is 27.0. The first-order valence-electron chi connectivity index (χ1n) is 20.3. The maximum atomic E-state index is 12.8. The van der Waals surface area contributed by atoms with E-state index in [2.05, 4.69) is 189 Å². The molecule has 0 fully saturated rings. The van der Waals surface area contributed by atoms with Crippen LogP contribution in [0.25, 0.3) is 0 Å². The number of hydrogen-bond acceptors (Lipinski definition) is 9. The van der Waals surface area contributed by atoms with Crippen molar-refractivity contribution in [2.75, 3.05) is 0 Å². The van der Waals surface area contributed by atoms with Gasteiger partial charge in [-0.05, 0) is 160 Å². The molecule has 6 rings (SSSR count). The molecule has 0 aliphatic carbocycles. The molecular formula is C48H51BrF8O9S6. The number of rotatable bonds is 3. The molecule has 0 spiro atoms. The summed E-state index contributed by atoms with van der Waals surface area (Å²) in [7, 11) is -15.2. The molecule has 0 atom stereocenters. The van der Waals surface area contributed by atoms with Crippen LogP contribution in [-0.2, 0) is 84.5 Å². The summed E-state index contributed by atoms with van der Waals surface area (Å²) in [5.41, 5.74) is 4.92. The van der Waals surface area contributed by atoms with Gasteiger partial charge >= 0.3 is 0 Å². The first kappa shape index (κ1) is 66.0. The number of benzene rings is 6. The van der Waals surface area contributed by atoms with Crippen LogP contribution in [0.1, 0.15) is 79.0 Å². The van der Waals surface area contributed by atoms with Crippen LogP contribution >= 0.6 is 15.9 Å². The van der Waals surface area contributed by atoms with Gasteiger partial charge in [-0.15, -0.1) is 0 Å². The van der Waals surface area contributed by atoms with Crippen molar-refractivity contribution >= 4 is 84.2 Å².